The summed E-state index contributed by atoms with van der Waals surface area (Å²) in [7, 11) is 0. The van der Waals surface area contributed by atoms with Crippen molar-refractivity contribution < 1.29 is 88.8 Å². The number of hydrogen-bond donors (Lipinski definition) is 10. The lowest BCUT2D eigenvalue weighted by Crippen LogP contribution is -2.67. The van der Waals surface area contributed by atoms with Crippen LogP contribution in [0.4, 0.5) is 0 Å². The Morgan fingerprint density at radius 2 is 1.61 bits per heavy atom. The summed E-state index contributed by atoms with van der Waals surface area (Å²) in [6.45, 7) is 2.06. The highest BCUT2D eigenvalue weighted by atomic mass is 16.7. The molecule has 0 radical (unpaired) electrons. The Bertz CT molecular complexity index is 1500. The third-order valence-corrected chi connectivity index (χ3v) is 11.3. The number of rotatable bonds is 8. The number of nitrogens with one attached hydrogen (secondary N) is 1. The van der Waals surface area contributed by atoms with E-state index in [0.29, 0.717) is 5.56 Å². The first-order valence-electron chi connectivity index (χ1n) is 18.0. The number of carbonyl (C=O) groups is 3. The van der Waals surface area contributed by atoms with Crippen LogP contribution in [0.5, 0.6) is 0 Å². The highest BCUT2D eigenvalue weighted by Crippen LogP contribution is 2.52. The minimum atomic E-state index is -2.32. The Kier molecular flexibility index (Phi) is 12.0. The molecule has 1 amide bonds. The molecule has 1 spiro atoms. The van der Waals surface area contributed by atoms with Crippen LogP contribution >= 0.6 is 0 Å². The van der Waals surface area contributed by atoms with E-state index in [4.69, 9.17) is 28.4 Å². The Morgan fingerprint density at radius 1 is 0.907 bits per heavy atom. The fourth-order valence-corrected chi connectivity index (χ4v) is 8.12. The number of ether oxygens (including phenoxy) is 6. The largest absolute Gasteiger partial charge is 0.459 e. The fourth-order valence-electron chi connectivity index (χ4n) is 8.12. The number of aliphatic hydroxyl groups excluding tert-OH is 8. The van der Waals surface area contributed by atoms with Crippen LogP contribution in [0.15, 0.2) is 30.3 Å². The van der Waals surface area contributed by atoms with Crippen LogP contribution in [-0.4, -0.2) is 174 Å². The zero-order chi connectivity index (χ0) is 39.3. The summed E-state index contributed by atoms with van der Waals surface area (Å²) >= 11 is 0. The second-order valence-electron chi connectivity index (χ2n) is 15.0. The van der Waals surface area contributed by atoms with E-state index >= 15 is 0 Å². The summed E-state index contributed by atoms with van der Waals surface area (Å²) in [5, 5.41) is 99.6. The second-order valence-corrected chi connectivity index (χ2v) is 15.0. The van der Waals surface area contributed by atoms with Crippen LogP contribution < -0.4 is 5.32 Å². The van der Waals surface area contributed by atoms with Crippen molar-refractivity contribution in [2.24, 2.45) is 11.8 Å². The van der Waals surface area contributed by atoms with Crippen molar-refractivity contribution in [3.63, 3.8) is 0 Å². The topological polar surface area (TPSA) is 301 Å². The minimum absolute atomic E-state index is 0.0454. The van der Waals surface area contributed by atoms with Crippen molar-refractivity contribution in [2.75, 3.05) is 13.2 Å². The molecule has 19 heteroatoms. The average Bonchev–Trinajstić information content (AvgIpc) is 3.35. The first-order chi connectivity index (χ1) is 25.5. The highest BCUT2D eigenvalue weighted by Gasteiger charge is 2.70. The smallest absolute Gasteiger partial charge is 0.338 e. The minimum Gasteiger partial charge on any atom is -0.459 e. The molecule has 3 aliphatic heterocycles. The number of carbonyl (C=O) groups excluding carboxylic acids is 3. The third-order valence-electron chi connectivity index (χ3n) is 11.3. The average molecular weight is 772 g/mol. The van der Waals surface area contributed by atoms with Gasteiger partial charge in [0, 0.05) is 25.7 Å². The molecule has 6 rings (SSSR count). The number of amides is 1. The van der Waals surface area contributed by atoms with Crippen LogP contribution in [0.3, 0.4) is 0 Å². The van der Waals surface area contributed by atoms with Gasteiger partial charge >= 0.3 is 11.9 Å². The zero-order valence-corrected chi connectivity index (χ0v) is 29.6. The van der Waals surface area contributed by atoms with Gasteiger partial charge in [0.2, 0.25) is 11.7 Å². The van der Waals surface area contributed by atoms with Gasteiger partial charge in [-0.25, -0.2) is 4.79 Å². The molecule has 1 aromatic rings. The zero-order valence-electron chi connectivity index (χ0n) is 29.6. The van der Waals surface area contributed by atoms with E-state index in [0.717, 1.165) is 6.92 Å². The predicted octanol–water partition coefficient (Wildman–Crippen LogP) is -4.05. The molecule has 19 nitrogen and oxygen atoms in total. The maximum Gasteiger partial charge on any atom is 0.338 e. The molecule has 5 fully saturated rings. The fraction of sp³-hybridized carbons (Fsp3) is 0.743. The van der Waals surface area contributed by atoms with Crippen molar-refractivity contribution in [3.8, 4) is 0 Å². The molecule has 18 atom stereocenters. The van der Waals surface area contributed by atoms with Gasteiger partial charge in [-0.15, -0.1) is 0 Å². The van der Waals surface area contributed by atoms with E-state index in [2.05, 4.69) is 5.32 Å². The van der Waals surface area contributed by atoms with Gasteiger partial charge in [0.15, 0.2) is 6.29 Å². The maximum absolute atomic E-state index is 13.7. The Labute approximate surface area is 309 Å². The molecule has 3 saturated heterocycles. The lowest BCUT2D eigenvalue weighted by molar-refractivity contribution is -0.311. The lowest BCUT2D eigenvalue weighted by atomic mass is 9.71. The Balaban J connectivity index is 1.17. The number of fused-ring (bicyclic) bond motifs is 1. The van der Waals surface area contributed by atoms with E-state index in [1.807, 2.05) is 0 Å². The molecule has 2 aliphatic carbocycles. The van der Waals surface area contributed by atoms with Crippen LogP contribution in [0.1, 0.15) is 49.9 Å². The number of benzene rings is 1. The second kappa shape index (κ2) is 15.9. The van der Waals surface area contributed by atoms with Gasteiger partial charge in [0.05, 0.1) is 43.0 Å². The summed E-state index contributed by atoms with van der Waals surface area (Å²) in [6.07, 6.45) is -22.2. The Hall–Kier alpha value is -2.89. The summed E-state index contributed by atoms with van der Waals surface area (Å²) in [5.41, 5.74) is -2.02. The van der Waals surface area contributed by atoms with E-state index < -0.39 is 140 Å². The lowest BCUT2D eigenvalue weighted by Gasteiger charge is -2.47. The molecular formula is C35H49NO18. The molecule has 0 bridgehead atoms. The van der Waals surface area contributed by atoms with Crippen LogP contribution in [0, 0.1) is 11.8 Å². The van der Waals surface area contributed by atoms with Crippen molar-refractivity contribution in [1.29, 1.82) is 0 Å². The molecule has 1 aromatic carbocycles. The molecule has 0 unspecified atom stereocenters. The SMILES string of the molecule is CC(=O)N[C@H]1[C@H](O[C@@H]2[C@@H](O)[C@H](O)[C@@H](O)C[C@H]2OC(=O)[C@H]2C[C@H](O)[C@@]3(O)[C@@H](C2)O[C@@]2(C[C@H](OC(=O)c4ccccc4)[C@H](C)CO2)[C@@H]3O)O[C@H](CO)[C@@H](O)[C@@H]1O. The molecule has 10 N–H and O–H groups in total. The van der Waals surface area contributed by atoms with Gasteiger partial charge in [-0.1, -0.05) is 25.1 Å². The molecule has 3 heterocycles. The normalized spacial score (nSPS) is 46.4. The van der Waals surface area contributed by atoms with Gasteiger partial charge in [0.25, 0.3) is 0 Å². The van der Waals surface area contributed by atoms with Crippen molar-refractivity contribution in [1.82, 2.24) is 5.32 Å². The number of hydrogen-bond acceptors (Lipinski definition) is 18. The van der Waals surface area contributed by atoms with Crippen LogP contribution in [0.2, 0.25) is 0 Å². The van der Waals surface area contributed by atoms with E-state index in [1.54, 1.807) is 37.3 Å². The van der Waals surface area contributed by atoms with E-state index in [-0.39, 0.29) is 25.4 Å². The van der Waals surface area contributed by atoms with Gasteiger partial charge < -0.3 is 79.7 Å². The molecule has 5 aliphatic rings. The highest BCUT2D eigenvalue weighted by molar-refractivity contribution is 5.89. The van der Waals surface area contributed by atoms with Crippen molar-refractivity contribution in [3.05, 3.63) is 35.9 Å². The van der Waals surface area contributed by atoms with Crippen molar-refractivity contribution in [2.45, 2.75) is 136 Å². The quantitative estimate of drug-likeness (QED) is 0.113. The van der Waals surface area contributed by atoms with E-state index in [1.165, 1.54) is 0 Å². The summed E-state index contributed by atoms with van der Waals surface area (Å²) in [4.78, 5) is 38.5. The summed E-state index contributed by atoms with van der Waals surface area (Å²) < 4.78 is 35.0. The monoisotopic (exact) mass is 771 g/mol. The standard InChI is InChI=1S/C35H49NO18/c1-14-13-49-34(11-20(14)51-30(45)16-6-4-3-5-7-16)33(47)35(48)22(40)8-17(9-23(35)54-34)31(46)50-19-10-18(39)25(41)28(44)29(19)53-32-24(36-15(2)38)27(43)26(42)21(12-37)52-32/h3-7,14,17-29,32-33,37,39-44,47-48H,8-13H2,1-2H3,(H,36,38)/t14-,17+,18+,19-,20+,21-,22+,23-,24-,25-,26-,27-,28+,29+,32+,33+,34+,35-/m1/s1. The van der Waals surface area contributed by atoms with Gasteiger partial charge in [-0.05, 0) is 25.0 Å². The summed E-state index contributed by atoms with van der Waals surface area (Å²) in [6, 6.07) is 6.79. The predicted molar refractivity (Wildman–Crippen MR) is 175 cm³/mol. The third kappa shape index (κ3) is 7.50. The van der Waals surface area contributed by atoms with Crippen molar-refractivity contribution >= 4 is 17.8 Å². The van der Waals surface area contributed by atoms with Gasteiger partial charge in [-0.2, -0.15) is 0 Å². The van der Waals surface area contributed by atoms with Crippen LogP contribution in [0.25, 0.3) is 0 Å². The Morgan fingerprint density at radius 3 is 2.28 bits per heavy atom. The summed E-state index contributed by atoms with van der Waals surface area (Å²) in [5.74, 6) is -5.74. The molecule has 2 saturated carbocycles. The van der Waals surface area contributed by atoms with E-state index in [9.17, 15) is 60.3 Å². The first kappa shape index (κ1) is 40.8. The van der Waals surface area contributed by atoms with Gasteiger partial charge in [0.1, 0.15) is 66.6 Å². The molecule has 54 heavy (non-hydrogen) atoms. The number of aliphatic hydroxyl groups is 9. The molecular weight excluding hydrogens is 722 g/mol. The number of esters is 2. The van der Waals surface area contributed by atoms with Crippen LogP contribution in [-0.2, 0) is 38.0 Å². The maximum atomic E-state index is 13.7. The first-order valence-corrected chi connectivity index (χ1v) is 18.0. The molecule has 302 valence electrons. The van der Waals surface area contributed by atoms with Gasteiger partial charge in [-0.3, -0.25) is 9.59 Å². The molecule has 0 aromatic heterocycles.